The third kappa shape index (κ3) is 3.26. The second-order valence-corrected chi connectivity index (χ2v) is 8.28. The number of fused-ring (bicyclic) bond motifs is 5. The number of ether oxygens (including phenoxy) is 1. The maximum atomic E-state index is 13.1. The first-order valence-corrected chi connectivity index (χ1v) is 10.2. The number of hydrogen-bond donors (Lipinski definition) is 0. The van der Waals surface area contributed by atoms with Gasteiger partial charge in [-0.05, 0) is 42.7 Å². The van der Waals surface area contributed by atoms with Crippen LogP contribution in [-0.2, 0) is 17.9 Å². The lowest BCUT2D eigenvalue weighted by atomic mass is 9.83. The summed E-state index contributed by atoms with van der Waals surface area (Å²) < 4.78 is 8.73. The molecule has 0 spiro atoms. The van der Waals surface area contributed by atoms with Gasteiger partial charge in [-0.1, -0.05) is 0 Å². The van der Waals surface area contributed by atoms with E-state index in [1.54, 1.807) is 13.2 Å². The molecule has 2 atom stereocenters. The molecule has 2 bridgehead atoms. The van der Waals surface area contributed by atoms with Crippen LogP contribution >= 0.6 is 0 Å². The molecule has 2 aliphatic heterocycles. The summed E-state index contributed by atoms with van der Waals surface area (Å²) in [7, 11) is 1.62. The summed E-state index contributed by atoms with van der Waals surface area (Å²) in [6.45, 7) is 1.71. The number of carbonyl (C=O) groups excluding carboxylic acids is 1. The molecule has 9 heteroatoms. The van der Waals surface area contributed by atoms with Crippen LogP contribution in [0.2, 0.25) is 0 Å². The quantitative estimate of drug-likeness (QED) is 0.475. The Kier molecular flexibility index (Phi) is 4.53. The monoisotopic (exact) mass is 422 g/mol. The number of amides is 1. The van der Waals surface area contributed by atoms with Crippen LogP contribution in [0.25, 0.3) is 10.9 Å². The Morgan fingerprint density at radius 3 is 2.81 bits per heavy atom. The zero-order valence-electron chi connectivity index (χ0n) is 17.1. The average Bonchev–Trinajstić information content (AvgIpc) is 3.15. The summed E-state index contributed by atoms with van der Waals surface area (Å²) in [4.78, 5) is 38.0. The van der Waals surface area contributed by atoms with Gasteiger partial charge in [-0.15, -0.1) is 0 Å². The molecule has 0 radical (unpaired) electrons. The molecular formula is C22H22N4O5. The Hall–Kier alpha value is -3.62. The number of methoxy groups -OCH3 is 1. The highest BCUT2D eigenvalue weighted by Crippen LogP contribution is 2.35. The molecule has 1 fully saturated rings. The van der Waals surface area contributed by atoms with Gasteiger partial charge in [-0.25, -0.2) is 0 Å². The van der Waals surface area contributed by atoms with E-state index in [4.69, 9.17) is 4.74 Å². The highest BCUT2D eigenvalue weighted by Gasteiger charge is 2.37. The van der Waals surface area contributed by atoms with Crippen molar-refractivity contribution in [2.45, 2.75) is 25.4 Å². The lowest BCUT2D eigenvalue weighted by Crippen LogP contribution is -2.50. The molecule has 31 heavy (non-hydrogen) atoms. The first-order valence-electron chi connectivity index (χ1n) is 10.2. The molecule has 3 aromatic rings. The number of nitrogens with zero attached hydrogens (tertiary/aromatic N) is 4. The Balaban J connectivity index is 1.37. The Labute approximate surface area is 177 Å². The van der Waals surface area contributed by atoms with Crippen LogP contribution in [0.15, 0.2) is 47.4 Å². The van der Waals surface area contributed by atoms with Crippen molar-refractivity contribution in [3.8, 4) is 5.75 Å². The zero-order valence-corrected chi connectivity index (χ0v) is 17.1. The smallest absolute Gasteiger partial charge is 0.334 e. The van der Waals surface area contributed by atoms with E-state index in [1.807, 2.05) is 39.9 Å². The molecule has 5 rings (SSSR count). The fourth-order valence-corrected chi connectivity index (χ4v) is 4.97. The van der Waals surface area contributed by atoms with Crippen molar-refractivity contribution in [2.75, 3.05) is 20.2 Å². The number of pyridine rings is 1. The highest BCUT2D eigenvalue weighted by atomic mass is 16.6. The first-order chi connectivity index (χ1) is 14.9. The van der Waals surface area contributed by atoms with Gasteiger partial charge in [0.2, 0.25) is 5.91 Å². The molecule has 2 aromatic heterocycles. The molecule has 9 nitrogen and oxygen atoms in total. The summed E-state index contributed by atoms with van der Waals surface area (Å²) in [5.74, 6) is 0.923. The van der Waals surface area contributed by atoms with E-state index in [0.717, 1.165) is 28.8 Å². The fourth-order valence-electron chi connectivity index (χ4n) is 4.97. The number of likely N-dealkylation sites (tertiary alicyclic amines) is 1. The van der Waals surface area contributed by atoms with Gasteiger partial charge in [-0.2, -0.15) is 0 Å². The van der Waals surface area contributed by atoms with Crippen LogP contribution in [0, 0.1) is 16.0 Å². The normalized spacial score (nSPS) is 19.8. The zero-order chi connectivity index (χ0) is 21.7. The molecule has 1 amide bonds. The number of nitro groups is 1. The second kappa shape index (κ2) is 7.26. The first kappa shape index (κ1) is 19.3. The Bertz CT molecular complexity index is 1260. The second-order valence-electron chi connectivity index (χ2n) is 8.28. The van der Waals surface area contributed by atoms with E-state index in [9.17, 15) is 19.7 Å². The van der Waals surface area contributed by atoms with Crippen LogP contribution in [-0.4, -0.2) is 45.1 Å². The molecule has 1 saturated heterocycles. The summed E-state index contributed by atoms with van der Waals surface area (Å²) >= 11 is 0. The fraction of sp³-hybridized carbons (Fsp3) is 0.364. The van der Waals surface area contributed by atoms with Gasteiger partial charge in [0, 0.05) is 54.4 Å². The average molecular weight is 422 g/mol. The minimum absolute atomic E-state index is 0.00983. The van der Waals surface area contributed by atoms with Crippen molar-refractivity contribution in [1.29, 1.82) is 0 Å². The number of carbonyl (C=O) groups is 1. The van der Waals surface area contributed by atoms with Gasteiger partial charge in [0.05, 0.1) is 12.0 Å². The predicted octanol–water partition coefficient (Wildman–Crippen LogP) is 2.37. The third-order valence-corrected chi connectivity index (χ3v) is 6.42. The minimum Gasteiger partial charge on any atom is -0.497 e. The van der Waals surface area contributed by atoms with Gasteiger partial charge in [0.1, 0.15) is 12.3 Å². The third-order valence-electron chi connectivity index (χ3n) is 6.42. The molecule has 1 aromatic carbocycles. The van der Waals surface area contributed by atoms with Gasteiger partial charge < -0.3 is 18.8 Å². The maximum Gasteiger partial charge on any atom is 0.334 e. The van der Waals surface area contributed by atoms with Crippen molar-refractivity contribution in [1.82, 2.24) is 14.0 Å². The molecule has 0 N–H and O–H groups in total. The number of piperidine rings is 1. The van der Waals surface area contributed by atoms with Crippen LogP contribution in [0.3, 0.4) is 0 Å². The maximum absolute atomic E-state index is 13.1. The van der Waals surface area contributed by atoms with E-state index in [0.29, 0.717) is 19.6 Å². The van der Waals surface area contributed by atoms with Crippen LogP contribution in [0.4, 0.5) is 5.69 Å². The van der Waals surface area contributed by atoms with Crippen molar-refractivity contribution >= 4 is 22.5 Å². The minimum atomic E-state index is -0.632. The Morgan fingerprint density at radius 2 is 2.03 bits per heavy atom. The van der Waals surface area contributed by atoms with Crippen molar-refractivity contribution in [3.05, 3.63) is 68.8 Å². The van der Waals surface area contributed by atoms with E-state index in [-0.39, 0.29) is 24.3 Å². The van der Waals surface area contributed by atoms with Crippen molar-refractivity contribution in [3.63, 3.8) is 0 Å². The number of benzene rings is 1. The van der Waals surface area contributed by atoms with Crippen molar-refractivity contribution in [2.24, 2.45) is 5.92 Å². The summed E-state index contributed by atoms with van der Waals surface area (Å²) in [6, 6.07) is 10.7. The van der Waals surface area contributed by atoms with Gasteiger partial charge in [0.25, 0.3) is 0 Å². The van der Waals surface area contributed by atoms with Crippen LogP contribution < -0.4 is 10.3 Å². The molecule has 160 valence electrons. The number of hydrogen-bond acceptors (Lipinski definition) is 5. The summed E-state index contributed by atoms with van der Waals surface area (Å²) in [5, 5.41) is 12.1. The lowest BCUT2D eigenvalue weighted by Gasteiger charge is -2.42. The standard InChI is InChI=1S/C22H22N4O5/c1-31-17-2-3-18-15(9-17)6-7-23(18)13-21(27)24-10-14-8-16(12-24)19-4-5-20(26(29)30)22(28)25(19)11-14/h2-7,9,14,16H,8,10-13H2,1H3. The SMILES string of the molecule is COc1ccc2c(ccn2CC(=O)N2CC3CC(C2)c2ccc([N+](=O)[O-])c(=O)n2C3)c1. The van der Waals surface area contributed by atoms with E-state index in [2.05, 4.69) is 0 Å². The lowest BCUT2D eigenvalue weighted by molar-refractivity contribution is -0.386. The van der Waals surface area contributed by atoms with Crippen LogP contribution in [0.1, 0.15) is 18.0 Å². The molecule has 0 aliphatic carbocycles. The van der Waals surface area contributed by atoms with Crippen molar-refractivity contribution < 1.29 is 14.5 Å². The van der Waals surface area contributed by atoms with Gasteiger partial charge >= 0.3 is 11.2 Å². The largest absolute Gasteiger partial charge is 0.497 e. The predicted molar refractivity (Wildman–Crippen MR) is 113 cm³/mol. The molecule has 2 unspecified atom stereocenters. The molecule has 0 saturated carbocycles. The van der Waals surface area contributed by atoms with E-state index >= 15 is 0 Å². The van der Waals surface area contributed by atoms with Crippen LogP contribution in [0.5, 0.6) is 5.75 Å². The Morgan fingerprint density at radius 1 is 1.19 bits per heavy atom. The van der Waals surface area contributed by atoms with Gasteiger partial charge in [0.15, 0.2) is 0 Å². The number of rotatable bonds is 4. The summed E-state index contributed by atoms with van der Waals surface area (Å²) in [5.41, 5.74) is 0.803. The highest BCUT2D eigenvalue weighted by molar-refractivity contribution is 5.84. The van der Waals surface area contributed by atoms with Gasteiger partial charge in [-0.3, -0.25) is 19.7 Å². The van der Waals surface area contributed by atoms with E-state index in [1.165, 1.54) is 10.6 Å². The number of aromatic nitrogens is 2. The summed E-state index contributed by atoms with van der Waals surface area (Å²) in [6.07, 6.45) is 2.79. The topological polar surface area (TPSA) is 99.6 Å². The molecular weight excluding hydrogens is 400 g/mol. The van der Waals surface area contributed by atoms with E-state index < -0.39 is 16.2 Å². The molecule has 2 aliphatic rings. The molecule has 4 heterocycles.